The van der Waals surface area contributed by atoms with Gasteiger partial charge in [0.2, 0.25) is 0 Å². The molecule has 4 nitrogen and oxygen atoms in total. The lowest BCUT2D eigenvalue weighted by Crippen LogP contribution is -2.38. The summed E-state index contributed by atoms with van der Waals surface area (Å²) < 4.78 is 49.5. The summed E-state index contributed by atoms with van der Waals surface area (Å²) in [6, 6.07) is 3.50. The molecule has 2 N–H and O–H groups in total. The monoisotopic (exact) mass is 288 g/mol. The maximum Gasteiger partial charge on any atom is 0.319 e. The van der Waals surface area contributed by atoms with Crippen LogP contribution in [0.5, 0.6) is 0 Å². The molecule has 0 fully saturated rings. The quantitative estimate of drug-likeness (QED) is 0.803. The average Bonchev–Trinajstić information content (AvgIpc) is 2.88. The number of hydrogen-bond donors (Lipinski definition) is 2. The van der Waals surface area contributed by atoms with Crippen LogP contribution in [0.4, 0.5) is 17.6 Å². The fourth-order valence-corrected chi connectivity index (χ4v) is 1.65. The molecule has 0 radical (unpaired) electrons. The summed E-state index contributed by atoms with van der Waals surface area (Å²) in [5, 5.41) is 8.86. The zero-order valence-electron chi connectivity index (χ0n) is 10.3. The van der Waals surface area contributed by atoms with Gasteiger partial charge in [0.1, 0.15) is 0 Å². The van der Waals surface area contributed by atoms with Gasteiger partial charge in [-0.1, -0.05) is 0 Å². The molecular weight excluding hydrogens is 276 g/mol. The highest BCUT2D eigenvalue weighted by Gasteiger charge is 2.40. The number of hydrogen-bond acceptors (Lipinski definition) is 3. The Hall–Kier alpha value is -1.96. The number of H-pyrrole nitrogens is 1. The van der Waals surface area contributed by atoms with E-state index in [9.17, 15) is 17.6 Å². The second kappa shape index (κ2) is 6.00. The van der Waals surface area contributed by atoms with E-state index in [-0.39, 0.29) is 6.54 Å². The van der Waals surface area contributed by atoms with Crippen LogP contribution in [0.25, 0.3) is 11.3 Å². The van der Waals surface area contributed by atoms with Crippen molar-refractivity contribution in [2.45, 2.75) is 18.9 Å². The lowest BCUT2D eigenvalue weighted by Gasteiger charge is -2.15. The van der Waals surface area contributed by atoms with Gasteiger partial charge in [0.15, 0.2) is 0 Å². The molecule has 0 aliphatic carbocycles. The molecule has 2 heterocycles. The third-order valence-electron chi connectivity index (χ3n) is 2.66. The van der Waals surface area contributed by atoms with Gasteiger partial charge in [-0.3, -0.25) is 10.1 Å². The second-order valence-electron chi connectivity index (χ2n) is 4.18. The SMILES string of the molecule is FC(F)C(F)(F)CNCc1cn[nH]c1-c1cccnc1. The Balaban J connectivity index is 2.00. The number of rotatable bonds is 6. The number of aromatic amines is 1. The maximum atomic E-state index is 12.8. The van der Waals surface area contributed by atoms with Crippen LogP contribution in [0, 0.1) is 0 Å². The van der Waals surface area contributed by atoms with Crippen molar-refractivity contribution in [1.29, 1.82) is 0 Å². The fourth-order valence-electron chi connectivity index (χ4n) is 1.65. The zero-order chi connectivity index (χ0) is 14.6. The van der Waals surface area contributed by atoms with Gasteiger partial charge in [-0.2, -0.15) is 13.9 Å². The smallest absolute Gasteiger partial charge is 0.307 e. The number of alkyl halides is 4. The highest BCUT2D eigenvalue weighted by molar-refractivity contribution is 5.61. The second-order valence-corrected chi connectivity index (χ2v) is 4.18. The predicted octanol–water partition coefficient (Wildman–Crippen LogP) is 2.46. The first kappa shape index (κ1) is 14.4. The topological polar surface area (TPSA) is 53.6 Å². The van der Waals surface area contributed by atoms with Crippen LogP contribution < -0.4 is 5.32 Å². The highest BCUT2D eigenvalue weighted by Crippen LogP contribution is 2.23. The van der Waals surface area contributed by atoms with Crippen molar-refractivity contribution in [3.05, 3.63) is 36.3 Å². The van der Waals surface area contributed by atoms with E-state index in [2.05, 4.69) is 20.5 Å². The highest BCUT2D eigenvalue weighted by atomic mass is 19.3. The lowest BCUT2D eigenvalue weighted by atomic mass is 10.1. The van der Waals surface area contributed by atoms with Crippen LogP contribution in [0.15, 0.2) is 30.7 Å². The third-order valence-corrected chi connectivity index (χ3v) is 2.66. The summed E-state index contributed by atoms with van der Waals surface area (Å²) in [6.07, 6.45) is 0.957. The van der Waals surface area contributed by atoms with Gasteiger partial charge in [0.25, 0.3) is 0 Å². The van der Waals surface area contributed by atoms with Crippen molar-refractivity contribution in [3.63, 3.8) is 0 Å². The van der Waals surface area contributed by atoms with Crippen molar-refractivity contribution >= 4 is 0 Å². The minimum Gasteiger partial charge on any atom is -0.307 e. The van der Waals surface area contributed by atoms with E-state index in [0.717, 1.165) is 5.56 Å². The standard InChI is InChI=1S/C12H12F4N4/c13-11(14)12(15,16)7-18-5-9-6-19-20-10(9)8-2-1-3-17-4-8/h1-4,6,11,18H,5,7H2,(H,19,20). The Bertz CT molecular complexity index is 541. The van der Waals surface area contributed by atoms with Crippen molar-refractivity contribution in [2.75, 3.05) is 6.54 Å². The molecule has 0 aliphatic rings. The molecule has 20 heavy (non-hydrogen) atoms. The number of nitrogens with one attached hydrogen (secondary N) is 2. The van der Waals surface area contributed by atoms with Crippen LogP contribution in [-0.2, 0) is 6.54 Å². The van der Waals surface area contributed by atoms with Gasteiger partial charge in [-0.25, -0.2) is 8.78 Å². The molecule has 2 aromatic heterocycles. The molecule has 0 aromatic carbocycles. The number of aromatic nitrogens is 3. The van der Waals surface area contributed by atoms with Crippen LogP contribution in [-0.4, -0.2) is 34.1 Å². The van der Waals surface area contributed by atoms with Gasteiger partial charge in [-0.15, -0.1) is 0 Å². The Kier molecular flexibility index (Phi) is 4.33. The molecule has 2 aromatic rings. The minimum absolute atomic E-state index is 0.00301. The molecule has 0 aliphatic heterocycles. The van der Waals surface area contributed by atoms with Crippen LogP contribution in [0.3, 0.4) is 0 Å². The Morgan fingerprint density at radius 3 is 2.75 bits per heavy atom. The maximum absolute atomic E-state index is 12.8. The van der Waals surface area contributed by atoms with E-state index in [0.29, 0.717) is 11.3 Å². The molecule has 0 bridgehead atoms. The number of pyridine rings is 1. The molecule has 0 unspecified atom stereocenters. The summed E-state index contributed by atoms with van der Waals surface area (Å²) in [5.41, 5.74) is 1.96. The summed E-state index contributed by atoms with van der Waals surface area (Å²) in [7, 11) is 0. The summed E-state index contributed by atoms with van der Waals surface area (Å²) >= 11 is 0. The Labute approximate surface area is 112 Å². The summed E-state index contributed by atoms with van der Waals surface area (Å²) in [4.78, 5) is 3.94. The van der Waals surface area contributed by atoms with Crippen molar-refractivity contribution in [2.24, 2.45) is 0 Å². The Morgan fingerprint density at radius 2 is 2.10 bits per heavy atom. The van der Waals surface area contributed by atoms with E-state index in [4.69, 9.17) is 0 Å². The average molecular weight is 288 g/mol. The van der Waals surface area contributed by atoms with E-state index in [1.807, 2.05) is 0 Å². The van der Waals surface area contributed by atoms with Gasteiger partial charge in [0, 0.05) is 30.1 Å². The summed E-state index contributed by atoms with van der Waals surface area (Å²) in [5.74, 6) is -4.04. The van der Waals surface area contributed by atoms with E-state index in [1.54, 1.807) is 24.5 Å². The normalized spacial score (nSPS) is 12.1. The third kappa shape index (κ3) is 3.32. The van der Waals surface area contributed by atoms with Gasteiger partial charge >= 0.3 is 12.3 Å². The van der Waals surface area contributed by atoms with Gasteiger partial charge in [0.05, 0.1) is 18.4 Å². The Morgan fingerprint density at radius 1 is 1.30 bits per heavy atom. The van der Waals surface area contributed by atoms with Crippen molar-refractivity contribution < 1.29 is 17.6 Å². The first-order chi connectivity index (χ1) is 9.50. The first-order valence-corrected chi connectivity index (χ1v) is 5.80. The molecule has 0 amide bonds. The molecule has 0 atom stereocenters. The van der Waals surface area contributed by atoms with Crippen LogP contribution in [0.1, 0.15) is 5.56 Å². The van der Waals surface area contributed by atoms with Crippen LogP contribution in [0.2, 0.25) is 0 Å². The number of nitrogens with zero attached hydrogens (tertiary/aromatic N) is 2. The largest absolute Gasteiger partial charge is 0.319 e. The van der Waals surface area contributed by atoms with Gasteiger partial charge < -0.3 is 5.32 Å². The predicted molar refractivity (Wildman–Crippen MR) is 64.5 cm³/mol. The molecular formula is C12H12F4N4. The fraction of sp³-hybridized carbons (Fsp3) is 0.333. The first-order valence-electron chi connectivity index (χ1n) is 5.80. The molecule has 0 saturated heterocycles. The van der Waals surface area contributed by atoms with Crippen molar-refractivity contribution in [3.8, 4) is 11.3 Å². The molecule has 0 saturated carbocycles. The molecule has 8 heteroatoms. The minimum atomic E-state index is -4.04. The van der Waals surface area contributed by atoms with E-state index in [1.165, 1.54) is 6.20 Å². The van der Waals surface area contributed by atoms with E-state index >= 15 is 0 Å². The zero-order valence-corrected chi connectivity index (χ0v) is 10.3. The summed E-state index contributed by atoms with van der Waals surface area (Å²) in [6.45, 7) is -1.09. The molecule has 108 valence electrons. The molecule has 2 rings (SSSR count). The molecule has 0 spiro atoms. The van der Waals surface area contributed by atoms with Crippen molar-refractivity contribution in [1.82, 2.24) is 20.5 Å². The van der Waals surface area contributed by atoms with Crippen LogP contribution >= 0.6 is 0 Å². The van der Waals surface area contributed by atoms with Gasteiger partial charge in [-0.05, 0) is 12.1 Å². The lowest BCUT2D eigenvalue weighted by molar-refractivity contribution is -0.125. The van der Waals surface area contributed by atoms with E-state index < -0.39 is 18.9 Å². The number of halogens is 4.